The fraction of sp³-hybridized carbons (Fsp3) is 0.235. The molecule has 7 heteroatoms. The molecule has 3 rings (SSSR count). The van der Waals surface area contributed by atoms with Crippen LogP contribution in [0.2, 0.25) is 0 Å². The van der Waals surface area contributed by atoms with Gasteiger partial charge in [-0.2, -0.15) is 11.3 Å². The Labute approximate surface area is 143 Å². The molecule has 0 unspecified atom stereocenters. The van der Waals surface area contributed by atoms with Gasteiger partial charge in [0.1, 0.15) is 5.69 Å². The van der Waals surface area contributed by atoms with Gasteiger partial charge < -0.3 is 9.80 Å². The highest BCUT2D eigenvalue weighted by molar-refractivity contribution is 7.08. The first-order chi connectivity index (χ1) is 11.6. The maximum absolute atomic E-state index is 12.2. The smallest absolute Gasteiger partial charge is 0.292 e. The average molecular weight is 343 g/mol. The van der Waals surface area contributed by atoms with Gasteiger partial charge in [-0.25, -0.2) is 0 Å². The molecule has 0 radical (unpaired) electrons. The number of nitro groups is 1. The monoisotopic (exact) mass is 343 g/mol. The molecule has 1 aliphatic heterocycles. The third-order valence-corrected chi connectivity index (χ3v) is 4.67. The second kappa shape index (κ2) is 7.27. The molecule has 24 heavy (non-hydrogen) atoms. The predicted molar refractivity (Wildman–Crippen MR) is 95.2 cm³/mol. The molecule has 6 nitrogen and oxygen atoms in total. The van der Waals surface area contributed by atoms with Crippen molar-refractivity contribution in [1.82, 2.24) is 4.90 Å². The Morgan fingerprint density at radius 3 is 2.58 bits per heavy atom. The molecule has 0 bridgehead atoms. The number of carbonyl (C=O) groups is 1. The summed E-state index contributed by atoms with van der Waals surface area (Å²) in [6.45, 7) is 2.28. The summed E-state index contributed by atoms with van der Waals surface area (Å²) in [5.41, 5.74) is 1.74. The molecular formula is C17H17N3O3S. The molecule has 1 fully saturated rings. The molecule has 1 aromatic heterocycles. The summed E-state index contributed by atoms with van der Waals surface area (Å²) >= 11 is 1.59. The van der Waals surface area contributed by atoms with E-state index in [0.29, 0.717) is 31.9 Å². The van der Waals surface area contributed by atoms with Crippen LogP contribution in [0.3, 0.4) is 0 Å². The second-order valence-electron chi connectivity index (χ2n) is 5.45. The van der Waals surface area contributed by atoms with Gasteiger partial charge in [-0.1, -0.05) is 12.1 Å². The fourth-order valence-corrected chi connectivity index (χ4v) is 3.32. The Morgan fingerprint density at radius 2 is 1.92 bits per heavy atom. The number of thiophene rings is 1. The number of nitro benzene ring substituents is 1. The van der Waals surface area contributed by atoms with Crippen LogP contribution in [-0.2, 0) is 4.79 Å². The van der Waals surface area contributed by atoms with E-state index in [1.54, 1.807) is 40.5 Å². The molecule has 1 saturated heterocycles. The standard InChI is InChI=1S/C17H17N3O3S/c21-17(6-5-14-7-12-24-13-14)19-10-8-18(9-11-19)15-3-1-2-4-16(15)20(22)23/h1-7,12-13H,8-11H2. The van der Waals surface area contributed by atoms with Gasteiger partial charge in [0.05, 0.1) is 4.92 Å². The third-order valence-electron chi connectivity index (χ3n) is 3.97. The van der Waals surface area contributed by atoms with Crippen molar-refractivity contribution in [2.75, 3.05) is 31.1 Å². The molecule has 1 aromatic carbocycles. The van der Waals surface area contributed by atoms with Crippen LogP contribution in [0.5, 0.6) is 0 Å². The van der Waals surface area contributed by atoms with Gasteiger partial charge in [0.15, 0.2) is 0 Å². The number of hydrogen-bond acceptors (Lipinski definition) is 5. The molecule has 0 spiro atoms. The van der Waals surface area contributed by atoms with Gasteiger partial charge in [0, 0.05) is 38.3 Å². The zero-order valence-electron chi connectivity index (χ0n) is 13.0. The van der Waals surface area contributed by atoms with Crippen molar-refractivity contribution < 1.29 is 9.72 Å². The molecule has 1 aliphatic rings. The van der Waals surface area contributed by atoms with Crippen molar-refractivity contribution >= 4 is 34.7 Å². The summed E-state index contributed by atoms with van der Waals surface area (Å²) in [5, 5.41) is 15.1. The summed E-state index contributed by atoms with van der Waals surface area (Å²) < 4.78 is 0. The van der Waals surface area contributed by atoms with E-state index in [1.165, 1.54) is 6.07 Å². The van der Waals surface area contributed by atoms with Gasteiger partial charge in [0.2, 0.25) is 5.91 Å². The van der Waals surface area contributed by atoms with E-state index < -0.39 is 0 Å². The number of piperazine rings is 1. The number of nitrogens with zero attached hydrogens (tertiary/aromatic N) is 3. The predicted octanol–water partition coefficient (Wildman–Crippen LogP) is 3.02. The average Bonchev–Trinajstić information content (AvgIpc) is 3.13. The van der Waals surface area contributed by atoms with Crippen LogP contribution in [0, 0.1) is 10.1 Å². The van der Waals surface area contributed by atoms with Gasteiger partial charge in [0.25, 0.3) is 5.69 Å². The topological polar surface area (TPSA) is 66.7 Å². The van der Waals surface area contributed by atoms with E-state index in [4.69, 9.17) is 0 Å². The van der Waals surface area contributed by atoms with Crippen LogP contribution in [-0.4, -0.2) is 41.9 Å². The van der Waals surface area contributed by atoms with Crippen LogP contribution >= 0.6 is 11.3 Å². The number of hydrogen-bond donors (Lipinski definition) is 0. The number of rotatable bonds is 4. The molecule has 2 aromatic rings. The van der Waals surface area contributed by atoms with Gasteiger partial charge in [-0.3, -0.25) is 14.9 Å². The van der Waals surface area contributed by atoms with Crippen molar-refractivity contribution in [3.8, 4) is 0 Å². The number of benzene rings is 1. The van der Waals surface area contributed by atoms with E-state index in [0.717, 1.165) is 5.56 Å². The Morgan fingerprint density at radius 1 is 1.17 bits per heavy atom. The molecule has 0 atom stereocenters. The van der Waals surface area contributed by atoms with E-state index in [2.05, 4.69) is 0 Å². The Kier molecular flexibility index (Phi) is 4.90. The lowest BCUT2D eigenvalue weighted by Crippen LogP contribution is -2.48. The van der Waals surface area contributed by atoms with Crippen LogP contribution in [0.4, 0.5) is 11.4 Å². The Hall–Kier alpha value is -2.67. The fourth-order valence-electron chi connectivity index (χ4n) is 2.70. The van der Waals surface area contributed by atoms with Crippen molar-refractivity contribution in [2.45, 2.75) is 0 Å². The van der Waals surface area contributed by atoms with Gasteiger partial charge in [-0.15, -0.1) is 0 Å². The minimum Gasteiger partial charge on any atom is -0.362 e. The zero-order chi connectivity index (χ0) is 16.9. The van der Waals surface area contributed by atoms with Gasteiger partial charge >= 0.3 is 0 Å². The summed E-state index contributed by atoms with van der Waals surface area (Å²) in [6.07, 6.45) is 3.40. The number of carbonyl (C=O) groups excluding carboxylic acids is 1. The lowest BCUT2D eigenvalue weighted by atomic mass is 10.2. The highest BCUT2D eigenvalue weighted by Crippen LogP contribution is 2.28. The second-order valence-corrected chi connectivity index (χ2v) is 6.23. The van der Waals surface area contributed by atoms with E-state index in [-0.39, 0.29) is 16.5 Å². The Bertz CT molecular complexity index is 750. The minimum atomic E-state index is -0.365. The van der Waals surface area contributed by atoms with Crippen LogP contribution in [0.1, 0.15) is 5.56 Å². The molecule has 0 aliphatic carbocycles. The molecular weight excluding hydrogens is 326 g/mol. The third kappa shape index (κ3) is 3.62. The van der Waals surface area contributed by atoms with Crippen LogP contribution in [0.15, 0.2) is 47.2 Å². The van der Waals surface area contributed by atoms with Crippen LogP contribution in [0.25, 0.3) is 6.08 Å². The molecule has 2 heterocycles. The lowest BCUT2D eigenvalue weighted by Gasteiger charge is -2.35. The molecule has 1 amide bonds. The maximum Gasteiger partial charge on any atom is 0.292 e. The number of amides is 1. The maximum atomic E-state index is 12.2. The summed E-state index contributed by atoms with van der Waals surface area (Å²) in [4.78, 5) is 26.7. The summed E-state index contributed by atoms with van der Waals surface area (Å²) in [6, 6.07) is 8.68. The first-order valence-electron chi connectivity index (χ1n) is 7.63. The van der Waals surface area contributed by atoms with E-state index in [9.17, 15) is 14.9 Å². The van der Waals surface area contributed by atoms with Crippen molar-refractivity contribution in [3.05, 3.63) is 62.8 Å². The highest BCUT2D eigenvalue weighted by Gasteiger charge is 2.24. The molecule has 0 N–H and O–H groups in total. The first kappa shape index (κ1) is 16.2. The quantitative estimate of drug-likeness (QED) is 0.486. The molecule has 0 saturated carbocycles. The normalized spacial score (nSPS) is 15.0. The van der Waals surface area contributed by atoms with E-state index in [1.807, 2.05) is 27.8 Å². The number of para-hydroxylation sites is 2. The van der Waals surface area contributed by atoms with Crippen molar-refractivity contribution in [3.63, 3.8) is 0 Å². The zero-order valence-corrected chi connectivity index (χ0v) is 13.8. The summed E-state index contributed by atoms with van der Waals surface area (Å²) in [7, 11) is 0. The largest absolute Gasteiger partial charge is 0.362 e. The number of anilines is 1. The molecule has 124 valence electrons. The summed E-state index contributed by atoms with van der Waals surface area (Å²) in [5.74, 6) is -0.0246. The van der Waals surface area contributed by atoms with Gasteiger partial charge in [-0.05, 0) is 34.5 Å². The lowest BCUT2D eigenvalue weighted by molar-refractivity contribution is -0.384. The Balaban J connectivity index is 1.62. The van der Waals surface area contributed by atoms with Crippen LogP contribution < -0.4 is 4.90 Å². The minimum absolute atomic E-state index is 0.0246. The first-order valence-corrected chi connectivity index (χ1v) is 8.57. The van der Waals surface area contributed by atoms with E-state index >= 15 is 0 Å². The van der Waals surface area contributed by atoms with Crippen molar-refractivity contribution in [2.24, 2.45) is 0 Å². The SMILES string of the molecule is O=C(C=Cc1ccsc1)N1CCN(c2ccccc2[N+](=O)[O-])CC1. The highest BCUT2D eigenvalue weighted by atomic mass is 32.1. The van der Waals surface area contributed by atoms with Crippen molar-refractivity contribution in [1.29, 1.82) is 0 Å².